The average molecular weight is 276 g/mol. The number of rotatable bonds is 2. The van der Waals surface area contributed by atoms with Gasteiger partial charge in [-0.25, -0.2) is 5.01 Å². The van der Waals surface area contributed by atoms with Gasteiger partial charge in [0, 0.05) is 19.3 Å². The summed E-state index contributed by atoms with van der Waals surface area (Å²) in [7, 11) is 0. The fraction of sp³-hybridized carbons (Fsp3) is 0.385. The smallest absolute Gasteiger partial charge is 0.277 e. The van der Waals surface area contributed by atoms with E-state index in [0.717, 1.165) is 36.1 Å². The zero-order valence-electron chi connectivity index (χ0n) is 10.6. The molecule has 0 spiro atoms. The number of anilines is 1. The molecule has 100 valence electrons. The van der Waals surface area contributed by atoms with Gasteiger partial charge in [0.15, 0.2) is 0 Å². The number of amides is 1. The number of thiophene rings is 1. The van der Waals surface area contributed by atoms with Crippen LogP contribution in [0.4, 0.5) is 5.69 Å². The number of carbonyl (C=O) groups excluding carboxylic acids is 1. The van der Waals surface area contributed by atoms with Crippen molar-refractivity contribution in [2.75, 3.05) is 18.8 Å². The van der Waals surface area contributed by atoms with Crippen molar-refractivity contribution >= 4 is 33.1 Å². The minimum absolute atomic E-state index is 0.123. The maximum Gasteiger partial charge on any atom is 0.277 e. The number of fused-ring (bicyclic) bond motifs is 1. The summed E-state index contributed by atoms with van der Waals surface area (Å²) >= 11 is 1.39. The zero-order chi connectivity index (χ0) is 13.2. The summed E-state index contributed by atoms with van der Waals surface area (Å²) in [6.45, 7) is 1.82. The number of nitrogens with one attached hydrogen (secondary N) is 1. The zero-order valence-corrected chi connectivity index (χ0v) is 11.4. The van der Waals surface area contributed by atoms with E-state index in [0.29, 0.717) is 10.6 Å². The van der Waals surface area contributed by atoms with E-state index in [1.165, 1.54) is 17.8 Å². The first-order valence-corrected chi connectivity index (χ1v) is 7.26. The Morgan fingerprint density at radius 2 is 2.16 bits per heavy atom. The molecule has 0 unspecified atom stereocenters. The maximum atomic E-state index is 12.3. The number of carbonyl (C=O) groups is 1. The van der Waals surface area contributed by atoms with Gasteiger partial charge >= 0.3 is 0 Å². The molecule has 19 heavy (non-hydrogen) atoms. The van der Waals surface area contributed by atoms with Crippen LogP contribution in [-0.2, 0) is 0 Å². The normalized spacial score (nSPS) is 16.6. The number of pyridine rings is 1. The van der Waals surface area contributed by atoms with Gasteiger partial charge in [0.05, 0.1) is 10.4 Å². The van der Waals surface area contributed by atoms with Gasteiger partial charge in [0.2, 0.25) is 0 Å². The summed E-state index contributed by atoms with van der Waals surface area (Å²) in [6, 6.07) is 3.78. The predicted octanol–water partition coefficient (Wildman–Crippen LogP) is 2.01. The fourth-order valence-corrected chi connectivity index (χ4v) is 3.29. The van der Waals surface area contributed by atoms with E-state index in [2.05, 4.69) is 10.4 Å². The molecule has 1 aliphatic heterocycles. The highest BCUT2D eigenvalue weighted by atomic mass is 32.1. The second-order valence-electron chi connectivity index (χ2n) is 4.68. The second kappa shape index (κ2) is 5.14. The Kier molecular flexibility index (Phi) is 3.35. The molecule has 0 radical (unpaired) electrons. The van der Waals surface area contributed by atoms with Crippen LogP contribution in [0.5, 0.6) is 0 Å². The molecule has 1 aliphatic rings. The van der Waals surface area contributed by atoms with Crippen molar-refractivity contribution in [2.24, 2.45) is 0 Å². The lowest BCUT2D eigenvalue weighted by Crippen LogP contribution is -2.44. The number of nitrogen functional groups attached to an aromatic ring is 1. The van der Waals surface area contributed by atoms with Crippen LogP contribution in [0.15, 0.2) is 18.3 Å². The second-order valence-corrected chi connectivity index (χ2v) is 5.74. The van der Waals surface area contributed by atoms with Gasteiger partial charge in [-0.2, -0.15) is 0 Å². The van der Waals surface area contributed by atoms with Crippen LogP contribution in [0.1, 0.15) is 28.9 Å². The molecule has 3 rings (SSSR count). The molecule has 2 aromatic heterocycles. The van der Waals surface area contributed by atoms with Gasteiger partial charge in [-0.1, -0.05) is 6.42 Å². The molecule has 3 heterocycles. The van der Waals surface area contributed by atoms with Crippen LogP contribution < -0.4 is 11.2 Å². The first kappa shape index (κ1) is 12.4. The van der Waals surface area contributed by atoms with Gasteiger partial charge in [0.1, 0.15) is 10.4 Å². The van der Waals surface area contributed by atoms with Gasteiger partial charge < -0.3 is 5.73 Å². The summed E-state index contributed by atoms with van der Waals surface area (Å²) in [5.41, 5.74) is 10.1. The van der Waals surface area contributed by atoms with E-state index in [1.54, 1.807) is 6.20 Å². The lowest BCUT2D eigenvalue weighted by molar-refractivity contribution is 0.0755. The van der Waals surface area contributed by atoms with E-state index < -0.39 is 0 Å². The number of hydrazine groups is 1. The summed E-state index contributed by atoms with van der Waals surface area (Å²) in [6.07, 6.45) is 5.19. The van der Waals surface area contributed by atoms with Gasteiger partial charge in [-0.05, 0) is 25.0 Å². The van der Waals surface area contributed by atoms with Gasteiger partial charge in [0.25, 0.3) is 5.91 Å². The SMILES string of the molecule is Nc1c(C(=O)NN2CCCCC2)sc2cccnc12. The Morgan fingerprint density at radius 3 is 2.89 bits per heavy atom. The molecular formula is C13H16N4OS. The molecule has 6 heteroatoms. The molecule has 0 aromatic carbocycles. The largest absolute Gasteiger partial charge is 0.396 e. The predicted molar refractivity (Wildman–Crippen MR) is 76.9 cm³/mol. The highest BCUT2D eigenvalue weighted by Gasteiger charge is 2.19. The van der Waals surface area contributed by atoms with Crippen LogP contribution in [-0.4, -0.2) is 29.0 Å². The molecule has 5 nitrogen and oxygen atoms in total. The molecule has 0 atom stereocenters. The van der Waals surface area contributed by atoms with Crippen LogP contribution >= 0.6 is 11.3 Å². The summed E-state index contributed by atoms with van der Waals surface area (Å²) in [4.78, 5) is 17.0. The molecule has 3 N–H and O–H groups in total. The van der Waals surface area contributed by atoms with Crippen molar-refractivity contribution < 1.29 is 4.79 Å². The van der Waals surface area contributed by atoms with E-state index in [-0.39, 0.29) is 5.91 Å². The van der Waals surface area contributed by atoms with Gasteiger partial charge in [-0.3, -0.25) is 15.2 Å². The van der Waals surface area contributed by atoms with E-state index in [4.69, 9.17) is 5.73 Å². The molecule has 1 saturated heterocycles. The molecule has 0 aliphatic carbocycles. The Balaban J connectivity index is 1.83. The number of nitrogens with two attached hydrogens (primary N) is 1. The quantitative estimate of drug-likeness (QED) is 0.880. The van der Waals surface area contributed by atoms with Gasteiger partial charge in [-0.15, -0.1) is 11.3 Å². The highest BCUT2D eigenvalue weighted by Crippen LogP contribution is 2.31. The van der Waals surface area contributed by atoms with Crippen molar-refractivity contribution in [1.29, 1.82) is 0 Å². The third-order valence-electron chi connectivity index (χ3n) is 3.30. The van der Waals surface area contributed by atoms with E-state index >= 15 is 0 Å². The first-order chi connectivity index (χ1) is 9.25. The fourth-order valence-electron chi connectivity index (χ4n) is 2.32. The third kappa shape index (κ3) is 2.41. The summed E-state index contributed by atoms with van der Waals surface area (Å²) < 4.78 is 0.948. The first-order valence-electron chi connectivity index (χ1n) is 6.44. The molecule has 1 amide bonds. The average Bonchev–Trinajstić information content (AvgIpc) is 2.78. The van der Waals surface area contributed by atoms with Crippen LogP contribution in [0.2, 0.25) is 0 Å². The topological polar surface area (TPSA) is 71.2 Å². The van der Waals surface area contributed by atoms with Crippen LogP contribution in [0.3, 0.4) is 0 Å². The minimum Gasteiger partial charge on any atom is -0.396 e. The summed E-state index contributed by atoms with van der Waals surface area (Å²) in [5, 5.41) is 1.98. The van der Waals surface area contributed by atoms with Crippen LogP contribution in [0.25, 0.3) is 10.2 Å². The number of nitrogens with zero attached hydrogens (tertiary/aromatic N) is 2. The van der Waals surface area contributed by atoms with Crippen LogP contribution in [0, 0.1) is 0 Å². The Hall–Kier alpha value is -1.66. The lowest BCUT2D eigenvalue weighted by Gasteiger charge is -2.26. The Bertz CT molecular complexity index is 604. The number of hydrogen-bond donors (Lipinski definition) is 2. The van der Waals surface area contributed by atoms with E-state index in [9.17, 15) is 4.79 Å². The van der Waals surface area contributed by atoms with Crippen molar-refractivity contribution in [3.63, 3.8) is 0 Å². The monoisotopic (exact) mass is 276 g/mol. The molecule has 0 saturated carbocycles. The standard InChI is InChI=1S/C13H16N4OS/c14-10-11-9(5-4-6-15-11)19-12(10)13(18)16-17-7-2-1-3-8-17/h4-6H,1-3,7-8,14H2,(H,16,18). The van der Waals surface area contributed by atoms with E-state index in [1.807, 2.05) is 17.1 Å². The highest BCUT2D eigenvalue weighted by molar-refractivity contribution is 7.21. The number of aromatic nitrogens is 1. The molecule has 0 bridgehead atoms. The third-order valence-corrected chi connectivity index (χ3v) is 4.46. The number of hydrogen-bond acceptors (Lipinski definition) is 5. The van der Waals surface area contributed by atoms with Crippen molar-refractivity contribution in [3.05, 3.63) is 23.2 Å². The Labute approximate surface area is 115 Å². The molecular weight excluding hydrogens is 260 g/mol. The molecule has 2 aromatic rings. The maximum absolute atomic E-state index is 12.3. The molecule has 1 fully saturated rings. The van der Waals surface area contributed by atoms with Crippen molar-refractivity contribution in [1.82, 2.24) is 15.4 Å². The minimum atomic E-state index is -0.123. The summed E-state index contributed by atoms with van der Waals surface area (Å²) in [5.74, 6) is -0.123. The number of piperidine rings is 1. The van der Waals surface area contributed by atoms with Crippen molar-refractivity contribution in [3.8, 4) is 0 Å². The van der Waals surface area contributed by atoms with Crippen molar-refractivity contribution in [2.45, 2.75) is 19.3 Å². The lowest BCUT2D eigenvalue weighted by atomic mass is 10.2. The Morgan fingerprint density at radius 1 is 1.37 bits per heavy atom.